The first-order valence-corrected chi connectivity index (χ1v) is 6.50. The molecular formula is C13H24N4O. The third-order valence-corrected chi connectivity index (χ3v) is 3.01. The zero-order valence-corrected chi connectivity index (χ0v) is 11.8. The predicted octanol–water partition coefficient (Wildman–Crippen LogP) is 1.87. The average Bonchev–Trinajstić information content (AvgIpc) is 2.34. The van der Waals surface area contributed by atoms with Crippen molar-refractivity contribution >= 4 is 11.6 Å². The molecule has 0 aromatic carbocycles. The standard InChI is InChI=1S/C13H24N4O/c1-5-7-11-12(14)15-9-16-13(11)17(6-2)10(3)8-18-4/h9-10H,5-8H2,1-4H3,(H2,14,15,16). The minimum absolute atomic E-state index is 0.268. The van der Waals surface area contributed by atoms with E-state index in [1.165, 1.54) is 6.33 Å². The van der Waals surface area contributed by atoms with Crippen LogP contribution >= 0.6 is 0 Å². The average molecular weight is 252 g/mol. The summed E-state index contributed by atoms with van der Waals surface area (Å²) in [5.41, 5.74) is 7.01. The summed E-state index contributed by atoms with van der Waals surface area (Å²) in [4.78, 5) is 10.7. The van der Waals surface area contributed by atoms with E-state index in [9.17, 15) is 0 Å². The topological polar surface area (TPSA) is 64.3 Å². The number of ether oxygens (including phenoxy) is 1. The van der Waals surface area contributed by atoms with Gasteiger partial charge in [0.15, 0.2) is 0 Å². The molecule has 1 heterocycles. The van der Waals surface area contributed by atoms with Gasteiger partial charge < -0.3 is 15.4 Å². The van der Waals surface area contributed by atoms with Crippen LogP contribution in [0.3, 0.4) is 0 Å². The number of nitrogens with two attached hydrogens (primary N) is 1. The number of methoxy groups -OCH3 is 1. The van der Waals surface area contributed by atoms with Crippen LogP contribution in [0.15, 0.2) is 6.33 Å². The summed E-state index contributed by atoms with van der Waals surface area (Å²) in [5, 5.41) is 0. The molecule has 2 N–H and O–H groups in total. The second-order valence-corrected chi connectivity index (χ2v) is 4.40. The molecule has 0 aliphatic carbocycles. The molecule has 1 unspecified atom stereocenters. The Hall–Kier alpha value is -1.36. The van der Waals surface area contributed by atoms with Gasteiger partial charge in [0.2, 0.25) is 0 Å². The van der Waals surface area contributed by atoms with Crippen molar-refractivity contribution in [2.75, 3.05) is 30.9 Å². The van der Waals surface area contributed by atoms with Gasteiger partial charge in [-0.1, -0.05) is 13.3 Å². The number of rotatable bonds is 7. The molecule has 0 fully saturated rings. The summed E-state index contributed by atoms with van der Waals surface area (Å²) in [5.74, 6) is 1.53. The highest BCUT2D eigenvalue weighted by Crippen LogP contribution is 2.24. The van der Waals surface area contributed by atoms with E-state index in [0.29, 0.717) is 12.4 Å². The Morgan fingerprint density at radius 1 is 1.39 bits per heavy atom. The number of nitrogen functional groups attached to an aromatic ring is 1. The molecule has 0 amide bonds. The van der Waals surface area contributed by atoms with E-state index in [1.54, 1.807) is 7.11 Å². The maximum absolute atomic E-state index is 5.97. The molecule has 0 bridgehead atoms. The van der Waals surface area contributed by atoms with Gasteiger partial charge in [-0.15, -0.1) is 0 Å². The molecule has 5 heteroatoms. The molecule has 0 saturated heterocycles. The van der Waals surface area contributed by atoms with Crippen molar-refractivity contribution in [3.05, 3.63) is 11.9 Å². The van der Waals surface area contributed by atoms with Crippen molar-refractivity contribution in [3.8, 4) is 0 Å². The van der Waals surface area contributed by atoms with Gasteiger partial charge in [0.1, 0.15) is 18.0 Å². The Kier molecular flexibility index (Phi) is 5.85. The Labute approximate surface area is 109 Å². The van der Waals surface area contributed by atoms with Gasteiger partial charge in [-0.05, 0) is 20.3 Å². The number of likely N-dealkylation sites (N-methyl/N-ethyl adjacent to an activating group) is 1. The third kappa shape index (κ3) is 3.32. The molecule has 0 aliphatic heterocycles. The Morgan fingerprint density at radius 2 is 2.11 bits per heavy atom. The van der Waals surface area contributed by atoms with Crippen LogP contribution < -0.4 is 10.6 Å². The van der Waals surface area contributed by atoms with Crippen LogP contribution in [-0.2, 0) is 11.2 Å². The van der Waals surface area contributed by atoms with E-state index in [1.807, 2.05) is 0 Å². The Balaban J connectivity index is 3.08. The lowest BCUT2D eigenvalue weighted by atomic mass is 10.1. The summed E-state index contributed by atoms with van der Waals surface area (Å²) in [7, 11) is 1.71. The minimum Gasteiger partial charge on any atom is -0.383 e. The van der Waals surface area contributed by atoms with Gasteiger partial charge >= 0.3 is 0 Å². The molecule has 102 valence electrons. The van der Waals surface area contributed by atoms with Crippen LogP contribution in [0.2, 0.25) is 0 Å². The van der Waals surface area contributed by atoms with E-state index in [0.717, 1.165) is 30.8 Å². The fourth-order valence-electron chi connectivity index (χ4n) is 2.15. The summed E-state index contributed by atoms with van der Waals surface area (Å²) in [6.45, 7) is 7.91. The normalized spacial score (nSPS) is 12.4. The van der Waals surface area contributed by atoms with Crippen LogP contribution in [0.1, 0.15) is 32.8 Å². The molecule has 1 aromatic rings. The first kappa shape index (κ1) is 14.7. The fraction of sp³-hybridized carbons (Fsp3) is 0.692. The molecule has 1 atom stereocenters. The summed E-state index contributed by atoms with van der Waals surface area (Å²) in [6.07, 6.45) is 3.46. The fourth-order valence-corrected chi connectivity index (χ4v) is 2.15. The maximum Gasteiger partial charge on any atom is 0.137 e. The van der Waals surface area contributed by atoms with Crippen molar-refractivity contribution in [2.24, 2.45) is 0 Å². The summed E-state index contributed by atoms with van der Waals surface area (Å²) in [6, 6.07) is 0.268. The van der Waals surface area contributed by atoms with Crippen LogP contribution in [0.25, 0.3) is 0 Å². The van der Waals surface area contributed by atoms with E-state index < -0.39 is 0 Å². The molecule has 1 rings (SSSR count). The number of nitrogens with zero attached hydrogens (tertiary/aromatic N) is 3. The molecule has 0 saturated carbocycles. The third-order valence-electron chi connectivity index (χ3n) is 3.01. The van der Waals surface area contributed by atoms with Crippen LogP contribution in [-0.4, -0.2) is 36.3 Å². The maximum atomic E-state index is 5.97. The van der Waals surface area contributed by atoms with Crippen molar-refractivity contribution in [1.29, 1.82) is 0 Å². The van der Waals surface area contributed by atoms with Gasteiger partial charge in [0, 0.05) is 19.2 Å². The smallest absolute Gasteiger partial charge is 0.137 e. The summed E-state index contributed by atoms with van der Waals surface area (Å²) >= 11 is 0. The molecule has 0 spiro atoms. The van der Waals surface area contributed by atoms with Crippen LogP contribution in [0.5, 0.6) is 0 Å². The number of anilines is 2. The quantitative estimate of drug-likeness (QED) is 0.802. The second kappa shape index (κ2) is 7.16. The first-order valence-electron chi connectivity index (χ1n) is 6.50. The van der Waals surface area contributed by atoms with E-state index in [2.05, 4.69) is 35.6 Å². The van der Waals surface area contributed by atoms with Gasteiger partial charge in [0.05, 0.1) is 12.6 Å². The highest BCUT2D eigenvalue weighted by molar-refractivity contribution is 5.57. The lowest BCUT2D eigenvalue weighted by Gasteiger charge is -2.30. The zero-order chi connectivity index (χ0) is 13.5. The Morgan fingerprint density at radius 3 is 2.67 bits per heavy atom. The molecule has 0 radical (unpaired) electrons. The lowest BCUT2D eigenvalue weighted by Crippen LogP contribution is -2.37. The van der Waals surface area contributed by atoms with E-state index >= 15 is 0 Å². The van der Waals surface area contributed by atoms with Crippen molar-refractivity contribution in [2.45, 2.75) is 39.7 Å². The van der Waals surface area contributed by atoms with Crippen molar-refractivity contribution in [1.82, 2.24) is 9.97 Å². The highest BCUT2D eigenvalue weighted by atomic mass is 16.5. The van der Waals surface area contributed by atoms with Gasteiger partial charge in [-0.2, -0.15) is 0 Å². The van der Waals surface area contributed by atoms with Crippen LogP contribution in [0, 0.1) is 0 Å². The van der Waals surface area contributed by atoms with E-state index in [4.69, 9.17) is 10.5 Å². The largest absolute Gasteiger partial charge is 0.383 e. The monoisotopic (exact) mass is 252 g/mol. The van der Waals surface area contributed by atoms with Gasteiger partial charge in [-0.3, -0.25) is 0 Å². The molecule has 0 aliphatic rings. The minimum atomic E-state index is 0.268. The Bertz CT molecular complexity index is 370. The van der Waals surface area contributed by atoms with Crippen molar-refractivity contribution < 1.29 is 4.74 Å². The second-order valence-electron chi connectivity index (χ2n) is 4.40. The zero-order valence-electron chi connectivity index (χ0n) is 11.8. The van der Waals surface area contributed by atoms with Crippen LogP contribution in [0.4, 0.5) is 11.6 Å². The molecule has 1 aromatic heterocycles. The highest BCUT2D eigenvalue weighted by Gasteiger charge is 2.19. The first-order chi connectivity index (χ1) is 8.65. The predicted molar refractivity (Wildman–Crippen MR) is 74.8 cm³/mol. The molecule has 5 nitrogen and oxygen atoms in total. The van der Waals surface area contributed by atoms with Gasteiger partial charge in [-0.25, -0.2) is 9.97 Å². The number of aromatic nitrogens is 2. The van der Waals surface area contributed by atoms with Gasteiger partial charge in [0.25, 0.3) is 0 Å². The van der Waals surface area contributed by atoms with Crippen molar-refractivity contribution in [3.63, 3.8) is 0 Å². The number of hydrogen-bond donors (Lipinski definition) is 1. The SMILES string of the molecule is CCCc1c(N)ncnc1N(CC)C(C)COC. The lowest BCUT2D eigenvalue weighted by molar-refractivity contribution is 0.181. The molecular weight excluding hydrogens is 228 g/mol. The number of hydrogen-bond acceptors (Lipinski definition) is 5. The summed E-state index contributed by atoms with van der Waals surface area (Å²) < 4.78 is 5.22. The van der Waals surface area contributed by atoms with E-state index in [-0.39, 0.29) is 6.04 Å². The molecule has 18 heavy (non-hydrogen) atoms.